The van der Waals surface area contributed by atoms with E-state index < -0.39 is 0 Å². The van der Waals surface area contributed by atoms with Gasteiger partial charge in [-0.1, -0.05) is 0 Å². The lowest BCUT2D eigenvalue weighted by molar-refractivity contribution is 0.251. The first-order valence-electron chi connectivity index (χ1n) is 8.97. The van der Waals surface area contributed by atoms with Crippen LogP contribution < -0.4 is 25.7 Å². The van der Waals surface area contributed by atoms with Gasteiger partial charge >= 0.3 is 6.03 Å². The molecule has 0 bridgehead atoms. The quantitative estimate of drug-likeness (QED) is 0.808. The zero-order valence-corrected chi connectivity index (χ0v) is 15.6. The van der Waals surface area contributed by atoms with Gasteiger partial charge in [0.15, 0.2) is 0 Å². The summed E-state index contributed by atoms with van der Waals surface area (Å²) in [6.07, 6.45) is 4.03. The summed E-state index contributed by atoms with van der Waals surface area (Å²) in [5.74, 6) is 1.16. The van der Waals surface area contributed by atoms with Crippen molar-refractivity contribution in [2.75, 3.05) is 26.1 Å². The van der Waals surface area contributed by atoms with Crippen LogP contribution in [0.25, 0.3) is 0 Å². The van der Waals surface area contributed by atoms with Crippen LogP contribution in [0.5, 0.6) is 11.5 Å². The minimum atomic E-state index is -0.378. The Kier molecular flexibility index (Phi) is 5.95. The maximum Gasteiger partial charge on any atom is 0.319 e. The van der Waals surface area contributed by atoms with Gasteiger partial charge < -0.3 is 20.1 Å². The summed E-state index contributed by atoms with van der Waals surface area (Å²) in [5.41, 5.74) is 2.47. The van der Waals surface area contributed by atoms with Crippen molar-refractivity contribution < 1.29 is 14.3 Å². The number of nitrogens with zero attached hydrogens (tertiary/aromatic N) is 2. The molecule has 0 aliphatic heterocycles. The average Bonchev–Trinajstić information content (AvgIpc) is 2.68. The van der Waals surface area contributed by atoms with E-state index >= 15 is 0 Å². The number of hydrogen-bond acceptors (Lipinski definition) is 5. The Balaban J connectivity index is 1.56. The minimum Gasteiger partial charge on any atom is -0.497 e. The molecule has 8 nitrogen and oxygen atoms in total. The number of carbonyl (C=O) groups excluding carboxylic acids is 1. The van der Waals surface area contributed by atoms with E-state index in [2.05, 4.69) is 15.7 Å². The highest BCUT2D eigenvalue weighted by atomic mass is 16.5. The van der Waals surface area contributed by atoms with Crippen molar-refractivity contribution in [3.05, 3.63) is 45.9 Å². The van der Waals surface area contributed by atoms with Gasteiger partial charge in [-0.2, -0.15) is 5.10 Å². The summed E-state index contributed by atoms with van der Waals surface area (Å²) in [6.45, 7) is 0.611. The summed E-state index contributed by atoms with van der Waals surface area (Å²) < 4.78 is 11.8. The van der Waals surface area contributed by atoms with Gasteiger partial charge in [-0.25, -0.2) is 9.48 Å². The van der Waals surface area contributed by atoms with Crippen LogP contribution in [0.1, 0.15) is 24.1 Å². The van der Waals surface area contributed by atoms with Gasteiger partial charge in [0.25, 0.3) is 5.56 Å². The SMILES string of the molecule is COc1cc(NC(=O)NCCn2nc3c(cc2=O)CCCC3)cc(OC)c1. The van der Waals surface area contributed by atoms with Crippen molar-refractivity contribution >= 4 is 11.7 Å². The Bertz CT molecular complexity index is 856. The predicted molar refractivity (Wildman–Crippen MR) is 102 cm³/mol. The second-order valence-corrected chi connectivity index (χ2v) is 6.37. The highest BCUT2D eigenvalue weighted by Crippen LogP contribution is 2.25. The first-order valence-corrected chi connectivity index (χ1v) is 8.97. The van der Waals surface area contributed by atoms with Gasteiger partial charge in [0.05, 0.1) is 26.5 Å². The van der Waals surface area contributed by atoms with E-state index in [-0.39, 0.29) is 11.6 Å². The number of aryl methyl sites for hydroxylation is 2. The third kappa shape index (κ3) is 4.78. The van der Waals surface area contributed by atoms with Crippen LogP contribution in [-0.4, -0.2) is 36.6 Å². The molecule has 8 heteroatoms. The molecule has 0 fully saturated rings. The summed E-state index contributed by atoms with van der Waals surface area (Å²) in [4.78, 5) is 24.3. The van der Waals surface area contributed by atoms with E-state index in [1.54, 1.807) is 38.5 Å². The van der Waals surface area contributed by atoms with Crippen LogP contribution in [0.4, 0.5) is 10.5 Å². The molecular formula is C19H24N4O4. The van der Waals surface area contributed by atoms with Crippen LogP contribution in [-0.2, 0) is 19.4 Å². The molecule has 1 aliphatic rings. The van der Waals surface area contributed by atoms with Gasteiger partial charge in [0.2, 0.25) is 0 Å². The summed E-state index contributed by atoms with van der Waals surface area (Å²) in [5, 5.41) is 9.89. The molecule has 0 saturated carbocycles. The van der Waals surface area contributed by atoms with E-state index in [9.17, 15) is 9.59 Å². The second-order valence-electron chi connectivity index (χ2n) is 6.37. The Morgan fingerprint density at radius 3 is 2.52 bits per heavy atom. The Labute approximate surface area is 157 Å². The number of fused-ring (bicyclic) bond motifs is 1. The van der Waals surface area contributed by atoms with Crippen molar-refractivity contribution in [2.24, 2.45) is 0 Å². The number of methoxy groups -OCH3 is 2. The molecule has 144 valence electrons. The molecule has 1 aliphatic carbocycles. The number of ether oxygens (including phenoxy) is 2. The fourth-order valence-electron chi connectivity index (χ4n) is 3.09. The van der Waals surface area contributed by atoms with Crippen LogP contribution in [0.2, 0.25) is 0 Å². The number of aromatic nitrogens is 2. The van der Waals surface area contributed by atoms with E-state index in [0.717, 1.165) is 36.9 Å². The molecule has 2 N–H and O–H groups in total. The van der Waals surface area contributed by atoms with Crippen molar-refractivity contribution in [1.29, 1.82) is 0 Å². The number of hydrogen-bond donors (Lipinski definition) is 2. The van der Waals surface area contributed by atoms with Crippen molar-refractivity contribution in [3.8, 4) is 11.5 Å². The Hall–Kier alpha value is -3.03. The lowest BCUT2D eigenvalue weighted by Gasteiger charge is -2.16. The number of nitrogens with one attached hydrogen (secondary N) is 2. The smallest absolute Gasteiger partial charge is 0.319 e. The summed E-state index contributed by atoms with van der Waals surface area (Å²) >= 11 is 0. The lowest BCUT2D eigenvalue weighted by Crippen LogP contribution is -2.35. The van der Waals surface area contributed by atoms with E-state index in [4.69, 9.17) is 9.47 Å². The third-order valence-corrected chi connectivity index (χ3v) is 4.49. The molecule has 0 radical (unpaired) electrons. The topological polar surface area (TPSA) is 94.5 Å². The molecular weight excluding hydrogens is 348 g/mol. The molecule has 2 amide bonds. The molecule has 1 aromatic carbocycles. The van der Waals surface area contributed by atoms with Crippen LogP contribution in [0.3, 0.4) is 0 Å². The van der Waals surface area contributed by atoms with E-state index in [1.807, 2.05) is 0 Å². The minimum absolute atomic E-state index is 0.129. The largest absolute Gasteiger partial charge is 0.497 e. The molecule has 0 unspecified atom stereocenters. The van der Waals surface area contributed by atoms with Gasteiger partial charge in [0, 0.05) is 36.5 Å². The van der Waals surface area contributed by atoms with Gasteiger partial charge in [0.1, 0.15) is 11.5 Å². The van der Waals surface area contributed by atoms with E-state index in [1.165, 1.54) is 4.68 Å². The summed E-state index contributed by atoms with van der Waals surface area (Å²) in [6, 6.07) is 6.40. The number of urea groups is 1. The maximum absolute atomic E-state index is 12.1. The first-order chi connectivity index (χ1) is 13.1. The highest BCUT2D eigenvalue weighted by Gasteiger charge is 2.13. The summed E-state index contributed by atoms with van der Waals surface area (Å²) in [7, 11) is 3.09. The average molecular weight is 372 g/mol. The number of anilines is 1. The monoisotopic (exact) mass is 372 g/mol. The Morgan fingerprint density at radius 1 is 1.11 bits per heavy atom. The highest BCUT2D eigenvalue weighted by molar-refractivity contribution is 5.89. The van der Waals surface area contributed by atoms with Crippen molar-refractivity contribution in [1.82, 2.24) is 15.1 Å². The molecule has 27 heavy (non-hydrogen) atoms. The van der Waals surface area contributed by atoms with Gasteiger partial charge in [-0.05, 0) is 31.2 Å². The van der Waals surface area contributed by atoms with Crippen molar-refractivity contribution in [3.63, 3.8) is 0 Å². The molecule has 1 heterocycles. The Morgan fingerprint density at radius 2 is 1.81 bits per heavy atom. The van der Waals surface area contributed by atoms with E-state index in [0.29, 0.717) is 30.3 Å². The van der Waals surface area contributed by atoms with Crippen LogP contribution in [0.15, 0.2) is 29.1 Å². The molecule has 0 spiro atoms. The molecule has 0 atom stereocenters. The molecule has 0 saturated heterocycles. The predicted octanol–water partition coefficient (Wildman–Crippen LogP) is 1.96. The molecule has 2 aromatic rings. The maximum atomic E-state index is 12.1. The molecule has 1 aromatic heterocycles. The van der Waals surface area contributed by atoms with Gasteiger partial charge in [-0.3, -0.25) is 4.79 Å². The number of amides is 2. The fourth-order valence-corrected chi connectivity index (χ4v) is 3.09. The van der Waals surface area contributed by atoms with Crippen LogP contribution in [0, 0.1) is 0 Å². The number of benzene rings is 1. The third-order valence-electron chi connectivity index (χ3n) is 4.49. The molecule has 3 rings (SSSR count). The fraction of sp³-hybridized carbons (Fsp3) is 0.421. The first kappa shape index (κ1) is 18.8. The second kappa shape index (κ2) is 8.57. The number of rotatable bonds is 6. The zero-order chi connectivity index (χ0) is 19.2. The normalized spacial score (nSPS) is 12.8. The van der Waals surface area contributed by atoms with Crippen molar-refractivity contribution in [2.45, 2.75) is 32.2 Å². The van der Waals surface area contributed by atoms with Crippen LogP contribution >= 0.6 is 0 Å². The lowest BCUT2D eigenvalue weighted by atomic mass is 9.97. The van der Waals surface area contributed by atoms with Gasteiger partial charge in [-0.15, -0.1) is 0 Å². The number of carbonyl (C=O) groups is 1. The standard InChI is InChI=1S/C19H24N4O4/c1-26-15-10-14(11-16(12-15)27-2)21-19(25)20-7-8-23-18(24)9-13-5-3-4-6-17(13)22-23/h9-12H,3-8H2,1-2H3,(H2,20,21,25). The zero-order valence-electron chi connectivity index (χ0n) is 15.6.